The molecule has 0 N–H and O–H groups in total. The Balaban J connectivity index is 0.000000229. The lowest BCUT2D eigenvalue weighted by atomic mass is 9.87. The van der Waals surface area contributed by atoms with E-state index in [0.717, 1.165) is 30.8 Å². The fourth-order valence-electron chi connectivity index (χ4n) is 3.87. The van der Waals surface area contributed by atoms with Crippen molar-refractivity contribution in [2.75, 3.05) is 26.7 Å². The molecule has 182 valence electrons. The second-order valence-corrected chi connectivity index (χ2v) is 10.4. The SMILES string of the molecule is CC(=O)N1CCN(C)C(C)(C)C1.CC(C)(C)c1cc(-c2ccc(F)cc2)nn2cc(C=O)nc12. The first kappa shape index (κ1) is 25.5. The van der Waals surface area contributed by atoms with Gasteiger partial charge < -0.3 is 4.90 Å². The van der Waals surface area contributed by atoms with E-state index in [1.807, 2.05) is 11.0 Å². The molecule has 34 heavy (non-hydrogen) atoms. The predicted molar refractivity (Wildman–Crippen MR) is 131 cm³/mol. The van der Waals surface area contributed by atoms with Crippen molar-refractivity contribution in [3.8, 4) is 11.3 Å². The number of amides is 1. The molecule has 1 aliphatic heterocycles. The maximum atomic E-state index is 13.1. The Morgan fingerprint density at radius 1 is 1.15 bits per heavy atom. The molecular formula is C26H34FN5O2. The van der Waals surface area contributed by atoms with Gasteiger partial charge in [0.25, 0.3) is 0 Å². The molecule has 2 aromatic heterocycles. The summed E-state index contributed by atoms with van der Waals surface area (Å²) in [7, 11) is 2.11. The zero-order valence-corrected chi connectivity index (χ0v) is 21.1. The van der Waals surface area contributed by atoms with Crippen LogP contribution in [0.15, 0.2) is 36.5 Å². The lowest BCUT2D eigenvalue weighted by Gasteiger charge is -2.45. The summed E-state index contributed by atoms with van der Waals surface area (Å²) < 4.78 is 14.7. The second kappa shape index (κ2) is 9.62. The van der Waals surface area contributed by atoms with Crippen molar-refractivity contribution >= 4 is 17.8 Å². The molecule has 1 amide bonds. The molecule has 1 aliphatic rings. The standard InChI is InChI=1S/C17H16FN3O.C9H18N2O/c1-17(2,3)14-8-15(11-4-6-12(18)7-5-11)20-21-9-13(10-22)19-16(14)21;1-8(12)11-6-5-10(4)9(2,3)7-11/h4-10H,1-3H3;5-7H2,1-4H3. The third kappa shape index (κ3) is 5.67. The Kier molecular flexibility index (Phi) is 7.21. The number of halogens is 1. The minimum Gasteiger partial charge on any atom is -0.340 e. The van der Waals surface area contributed by atoms with Crippen LogP contribution >= 0.6 is 0 Å². The van der Waals surface area contributed by atoms with Gasteiger partial charge in [-0.1, -0.05) is 20.8 Å². The Morgan fingerprint density at radius 2 is 1.79 bits per heavy atom. The topological polar surface area (TPSA) is 70.8 Å². The van der Waals surface area contributed by atoms with E-state index in [1.54, 1.807) is 29.8 Å². The summed E-state index contributed by atoms with van der Waals surface area (Å²) in [4.78, 5) is 30.6. The number of rotatable bonds is 2. The van der Waals surface area contributed by atoms with Crippen LogP contribution in [0.3, 0.4) is 0 Å². The Labute approximate surface area is 200 Å². The van der Waals surface area contributed by atoms with Crippen molar-refractivity contribution in [1.82, 2.24) is 24.4 Å². The highest BCUT2D eigenvalue weighted by Gasteiger charge is 2.31. The molecule has 7 nitrogen and oxygen atoms in total. The fraction of sp³-hybridized carbons (Fsp3) is 0.462. The van der Waals surface area contributed by atoms with Crippen LogP contribution in [0.4, 0.5) is 4.39 Å². The van der Waals surface area contributed by atoms with Crippen molar-refractivity contribution in [2.24, 2.45) is 0 Å². The third-order valence-corrected chi connectivity index (χ3v) is 6.27. The lowest BCUT2D eigenvalue weighted by molar-refractivity contribution is -0.133. The highest BCUT2D eigenvalue weighted by atomic mass is 19.1. The first-order valence-electron chi connectivity index (χ1n) is 11.4. The Hall–Kier alpha value is -3.13. The first-order valence-corrected chi connectivity index (χ1v) is 11.4. The Morgan fingerprint density at radius 3 is 2.32 bits per heavy atom. The van der Waals surface area contributed by atoms with Crippen molar-refractivity contribution in [2.45, 2.75) is 52.5 Å². The summed E-state index contributed by atoms with van der Waals surface area (Å²) in [5.41, 5.74) is 3.49. The van der Waals surface area contributed by atoms with Crippen molar-refractivity contribution in [3.63, 3.8) is 0 Å². The number of benzene rings is 1. The third-order valence-electron chi connectivity index (χ3n) is 6.27. The van der Waals surface area contributed by atoms with Crippen LogP contribution in [0.5, 0.6) is 0 Å². The largest absolute Gasteiger partial charge is 0.340 e. The zero-order valence-electron chi connectivity index (χ0n) is 21.1. The van der Waals surface area contributed by atoms with Crippen LogP contribution < -0.4 is 0 Å². The molecule has 3 heterocycles. The van der Waals surface area contributed by atoms with Gasteiger partial charge in [-0.3, -0.25) is 14.5 Å². The average Bonchev–Trinajstić information content (AvgIpc) is 3.18. The van der Waals surface area contributed by atoms with E-state index in [9.17, 15) is 14.0 Å². The molecule has 0 spiro atoms. The normalized spacial score (nSPS) is 16.2. The second-order valence-electron chi connectivity index (χ2n) is 10.4. The summed E-state index contributed by atoms with van der Waals surface area (Å²) in [5, 5.41) is 4.49. The number of carbonyl (C=O) groups excluding carboxylic acids is 2. The molecule has 0 saturated carbocycles. The van der Waals surface area contributed by atoms with Crippen molar-refractivity contribution in [3.05, 3.63) is 53.6 Å². The molecular weight excluding hydrogens is 433 g/mol. The van der Waals surface area contributed by atoms with E-state index in [0.29, 0.717) is 23.3 Å². The zero-order chi connectivity index (χ0) is 25.3. The molecule has 0 atom stereocenters. The highest BCUT2D eigenvalue weighted by Crippen LogP contribution is 2.29. The summed E-state index contributed by atoms with van der Waals surface area (Å²) in [6.07, 6.45) is 2.31. The van der Waals surface area contributed by atoms with E-state index >= 15 is 0 Å². The van der Waals surface area contributed by atoms with Gasteiger partial charge in [0.15, 0.2) is 11.9 Å². The quantitative estimate of drug-likeness (QED) is 0.528. The number of fused-ring (bicyclic) bond motifs is 1. The molecule has 1 saturated heterocycles. The molecule has 4 rings (SSSR count). The van der Waals surface area contributed by atoms with Gasteiger partial charge in [0.05, 0.1) is 11.9 Å². The van der Waals surface area contributed by atoms with Gasteiger partial charge in [-0.05, 0) is 56.6 Å². The molecule has 0 aliphatic carbocycles. The van der Waals surface area contributed by atoms with E-state index in [4.69, 9.17) is 0 Å². The van der Waals surface area contributed by atoms with Crippen LogP contribution in [0.2, 0.25) is 0 Å². The summed E-state index contributed by atoms with van der Waals surface area (Å²) in [6.45, 7) is 14.9. The van der Waals surface area contributed by atoms with Crippen LogP contribution in [-0.4, -0.2) is 68.8 Å². The number of aromatic nitrogens is 3. The van der Waals surface area contributed by atoms with Crippen molar-refractivity contribution in [1.29, 1.82) is 0 Å². The molecule has 1 fully saturated rings. The number of hydrogen-bond acceptors (Lipinski definition) is 5. The van der Waals surface area contributed by atoms with E-state index in [2.05, 4.69) is 56.6 Å². The lowest BCUT2D eigenvalue weighted by Crippen LogP contribution is -2.58. The fourth-order valence-corrected chi connectivity index (χ4v) is 3.87. The monoisotopic (exact) mass is 467 g/mol. The van der Waals surface area contributed by atoms with Gasteiger partial charge in [0, 0.05) is 43.2 Å². The molecule has 0 bridgehead atoms. The van der Waals surface area contributed by atoms with Gasteiger partial charge >= 0.3 is 0 Å². The molecule has 1 aromatic carbocycles. The van der Waals surface area contributed by atoms with Gasteiger partial charge in [-0.2, -0.15) is 5.10 Å². The minimum absolute atomic E-state index is 0.129. The maximum Gasteiger partial charge on any atom is 0.219 e. The number of aldehydes is 1. The Bertz CT molecular complexity index is 1180. The van der Waals surface area contributed by atoms with Crippen LogP contribution in [0.1, 0.15) is 57.6 Å². The van der Waals surface area contributed by atoms with Gasteiger partial charge in [0.1, 0.15) is 11.5 Å². The van der Waals surface area contributed by atoms with Gasteiger partial charge in [-0.25, -0.2) is 13.9 Å². The van der Waals surface area contributed by atoms with Crippen LogP contribution in [0, 0.1) is 5.82 Å². The van der Waals surface area contributed by atoms with Gasteiger partial charge in [-0.15, -0.1) is 0 Å². The molecule has 3 aromatic rings. The number of imidazole rings is 1. The predicted octanol–water partition coefficient (Wildman–Crippen LogP) is 4.20. The molecule has 0 radical (unpaired) electrons. The number of nitrogens with zero attached hydrogens (tertiary/aromatic N) is 5. The van der Waals surface area contributed by atoms with E-state index < -0.39 is 0 Å². The summed E-state index contributed by atoms with van der Waals surface area (Å²) >= 11 is 0. The highest BCUT2D eigenvalue weighted by molar-refractivity contribution is 5.74. The number of likely N-dealkylation sites (N-methyl/N-ethyl adjacent to an activating group) is 1. The van der Waals surface area contributed by atoms with Gasteiger partial charge in [0.2, 0.25) is 5.91 Å². The number of hydrogen-bond donors (Lipinski definition) is 0. The average molecular weight is 468 g/mol. The smallest absolute Gasteiger partial charge is 0.219 e. The first-order chi connectivity index (χ1) is 15.8. The number of carbonyl (C=O) groups is 2. The van der Waals surface area contributed by atoms with E-state index in [-0.39, 0.29) is 22.7 Å². The van der Waals surface area contributed by atoms with Crippen LogP contribution in [0.25, 0.3) is 16.9 Å². The molecule has 8 heteroatoms. The van der Waals surface area contributed by atoms with Crippen molar-refractivity contribution < 1.29 is 14.0 Å². The summed E-state index contributed by atoms with van der Waals surface area (Å²) in [6, 6.07) is 8.14. The minimum atomic E-state index is -0.285. The maximum absolute atomic E-state index is 13.1. The van der Waals surface area contributed by atoms with E-state index in [1.165, 1.54) is 12.1 Å². The summed E-state index contributed by atoms with van der Waals surface area (Å²) in [5.74, 6) is -0.0945. The molecule has 0 unspecified atom stereocenters. The van der Waals surface area contributed by atoms with Crippen LogP contribution in [-0.2, 0) is 10.2 Å². The number of piperazine rings is 1.